The lowest BCUT2D eigenvalue weighted by molar-refractivity contribution is 0.102. The van der Waals surface area contributed by atoms with Gasteiger partial charge in [-0.15, -0.1) is 0 Å². The number of nitrogens with zero attached hydrogens (tertiary/aromatic N) is 1. The van der Waals surface area contributed by atoms with Gasteiger partial charge in [-0.1, -0.05) is 6.07 Å². The van der Waals surface area contributed by atoms with Gasteiger partial charge in [0.05, 0.1) is 4.90 Å². The van der Waals surface area contributed by atoms with Gasteiger partial charge >= 0.3 is 0 Å². The lowest BCUT2D eigenvalue weighted by Gasteiger charge is -2.10. The van der Waals surface area contributed by atoms with Gasteiger partial charge in [0.2, 0.25) is 10.0 Å². The molecule has 1 amide bonds. The molecule has 0 fully saturated rings. The molecule has 1 aromatic heterocycles. The number of carbonyl (C=O) groups is 1. The number of sulfonamides is 1. The van der Waals surface area contributed by atoms with Crippen molar-refractivity contribution in [3.05, 3.63) is 83.7 Å². The topological polar surface area (TPSA) is 111 Å². The summed E-state index contributed by atoms with van der Waals surface area (Å²) in [5.74, 6) is 0.255. The molecule has 0 aliphatic carbocycles. The third-order valence-electron chi connectivity index (χ3n) is 4.02. The number of amides is 1. The number of anilines is 1. The lowest BCUT2D eigenvalue weighted by atomic mass is 10.2. The van der Waals surface area contributed by atoms with E-state index in [-0.39, 0.29) is 10.8 Å². The normalized spacial score (nSPS) is 11.1. The molecule has 3 N–H and O–H groups in total. The number of nitrogens with two attached hydrogens (primary N) is 1. The van der Waals surface area contributed by atoms with E-state index in [2.05, 4.69) is 10.3 Å². The van der Waals surface area contributed by atoms with Crippen LogP contribution in [0, 0.1) is 6.92 Å². The molecule has 3 aromatic rings. The van der Waals surface area contributed by atoms with E-state index in [0.29, 0.717) is 29.2 Å². The van der Waals surface area contributed by atoms with Gasteiger partial charge in [0.15, 0.2) is 0 Å². The molecule has 0 aliphatic heterocycles. The predicted molar refractivity (Wildman–Crippen MR) is 106 cm³/mol. The highest BCUT2D eigenvalue weighted by Crippen LogP contribution is 2.20. The van der Waals surface area contributed by atoms with Crippen LogP contribution in [-0.2, 0) is 16.6 Å². The summed E-state index contributed by atoms with van der Waals surface area (Å²) in [5, 5.41) is 7.87. The summed E-state index contributed by atoms with van der Waals surface area (Å²) in [6.07, 6.45) is 3.39. The van der Waals surface area contributed by atoms with Gasteiger partial charge in [-0.25, -0.2) is 13.6 Å². The van der Waals surface area contributed by atoms with Crippen molar-refractivity contribution in [2.75, 3.05) is 5.32 Å². The summed E-state index contributed by atoms with van der Waals surface area (Å²) in [5.41, 5.74) is 2.25. The zero-order valence-corrected chi connectivity index (χ0v) is 15.9. The molecule has 8 heteroatoms. The highest BCUT2D eigenvalue weighted by Gasteiger charge is 2.14. The van der Waals surface area contributed by atoms with Crippen molar-refractivity contribution < 1.29 is 17.9 Å². The van der Waals surface area contributed by atoms with Crippen molar-refractivity contribution in [3.8, 4) is 5.75 Å². The third-order valence-corrected chi connectivity index (χ3v) is 5.08. The average molecular weight is 397 g/mol. The molecule has 0 aliphatic rings. The fourth-order valence-corrected chi connectivity index (χ4v) is 3.34. The fraction of sp³-hybridized carbons (Fsp3) is 0.100. The van der Waals surface area contributed by atoms with Crippen molar-refractivity contribution in [2.45, 2.75) is 18.4 Å². The van der Waals surface area contributed by atoms with Gasteiger partial charge in [0.1, 0.15) is 12.4 Å². The van der Waals surface area contributed by atoms with Gasteiger partial charge in [-0.2, -0.15) is 0 Å². The molecular formula is C20H19N3O4S. The van der Waals surface area contributed by atoms with Gasteiger partial charge in [-0.3, -0.25) is 9.78 Å². The smallest absolute Gasteiger partial charge is 0.255 e. The number of pyridine rings is 1. The van der Waals surface area contributed by atoms with E-state index in [1.807, 2.05) is 12.1 Å². The van der Waals surface area contributed by atoms with Crippen molar-refractivity contribution in [1.82, 2.24) is 4.98 Å². The number of aromatic nitrogens is 1. The second-order valence-electron chi connectivity index (χ2n) is 6.15. The molecule has 28 heavy (non-hydrogen) atoms. The number of rotatable bonds is 6. The van der Waals surface area contributed by atoms with E-state index in [0.717, 1.165) is 5.56 Å². The molecule has 0 radical (unpaired) electrons. The summed E-state index contributed by atoms with van der Waals surface area (Å²) >= 11 is 0. The molecule has 0 saturated heterocycles. The SMILES string of the molecule is Cc1ccc(NC(=O)c2ccc(OCc3ccncc3)cc2)cc1S(N)(=O)=O. The molecule has 0 unspecified atom stereocenters. The van der Waals surface area contributed by atoms with Crippen molar-refractivity contribution in [3.63, 3.8) is 0 Å². The zero-order chi connectivity index (χ0) is 20.1. The Morgan fingerprint density at radius 2 is 1.75 bits per heavy atom. The first kappa shape index (κ1) is 19.5. The first-order chi connectivity index (χ1) is 13.3. The second kappa shape index (κ2) is 8.20. The van der Waals surface area contributed by atoms with Crippen LogP contribution in [0.25, 0.3) is 0 Å². The monoisotopic (exact) mass is 397 g/mol. The minimum absolute atomic E-state index is 0.0230. The van der Waals surface area contributed by atoms with Crippen molar-refractivity contribution in [2.24, 2.45) is 5.14 Å². The molecule has 7 nitrogen and oxygen atoms in total. The van der Waals surface area contributed by atoms with Crippen molar-refractivity contribution >= 4 is 21.6 Å². The Hall–Kier alpha value is -3.23. The van der Waals surface area contributed by atoms with Crippen molar-refractivity contribution in [1.29, 1.82) is 0 Å². The lowest BCUT2D eigenvalue weighted by Crippen LogP contribution is -2.16. The Morgan fingerprint density at radius 3 is 2.39 bits per heavy atom. The zero-order valence-electron chi connectivity index (χ0n) is 15.1. The Morgan fingerprint density at radius 1 is 1.07 bits per heavy atom. The van der Waals surface area contributed by atoms with Gasteiger partial charge in [-0.05, 0) is 66.6 Å². The standard InChI is InChI=1S/C20H19N3O4S/c1-14-2-5-17(12-19(14)28(21,25)26)23-20(24)16-3-6-18(7-4-16)27-13-15-8-10-22-11-9-15/h2-12H,13H2,1H3,(H,23,24)(H2,21,25,26). The van der Waals surface area contributed by atoms with Crippen LogP contribution in [0.2, 0.25) is 0 Å². The molecule has 3 rings (SSSR count). The number of aryl methyl sites for hydroxylation is 1. The maximum atomic E-state index is 12.4. The average Bonchev–Trinajstić information content (AvgIpc) is 2.68. The summed E-state index contributed by atoms with van der Waals surface area (Å²) in [7, 11) is -3.86. The number of nitrogens with one attached hydrogen (secondary N) is 1. The highest BCUT2D eigenvalue weighted by atomic mass is 32.2. The molecule has 0 saturated carbocycles. The Labute approximate surface area is 163 Å². The molecule has 2 aromatic carbocycles. The van der Waals surface area contributed by atoms with E-state index in [9.17, 15) is 13.2 Å². The summed E-state index contributed by atoms with van der Waals surface area (Å²) in [6, 6.07) is 14.9. The number of ether oxygens (including phenoxy) is 1. The molecule has 0 atom stereocenters. The van der Waals surface area contributed by atoms with E-state index in [1.165, 1.54) is 6.07 Å². The number of hydrogen-bond donors (Lipinski definition) is 2. The summed E-state index contributed by atoms with van der Waals surface area (Å²) < 4.78 is 28.9. The van der Waals surface area contributed by atoms with E-state index >= 15 is 0 Å². The third kappa shape index (κ3) is 4.93. The molecular weight excluding hydrogens is 378 g/mol. The number of primary sulfonamides is 1. The molecule has 144 valence electrons. The molecule has 0 spiro atoms. The van der Waals surface area contributed by atoms with E-state index in [4.69, 9.17) is 9.88 Å². The maximum absolute atomic E-state index is 12.4. The van der Waals surface area contributed by atoms with Crippen LogP contribution in [0.15, 0.2) is 71.9 Å². The Kier molecular flexibility index (Phi) is 5.72. The van der Waals surface area contributed by atoms with Crippen LogP contribution in [0.4, 0.5) is 5.69 Å². The van der Waals surface area contributed by atoms with Crippen LogP contribution in [0.1, 0.15) is 21.5 Å². The maximum Gasteiger partial charge on any atom is 0.255 e. The van der Waals surface area contributed by atoms with Crippen LogP contribution < -0.4 is 15.2 Å². The fourth-order valence-electron chi connectivity index (χ4n) is 2.54. The van der Waals surface area contributed by atoms with Crippen LogP contribution in [0.5, 0.6) is 5.75 Å². The largest absolute Gasteiger partial charge is 0.489 e. The Balaban J connectivity index is 1.66. The quantitative estimate of drug-likeness (QED) is 0.664. The minimum Gasteiger partial charge on any atom is -0.489 e. The number of carbonyl (C=O) groups excluding carboxylic acids is 1. The highest BCUT2D eigenvalue weighted by molar-refractivity contribution is 7.89. The minimum atomic E-state index is -3.86. The van der Waals surface area contributed by atoms with Crippen LogP contribution >= 0.6 is 0 Å². The second-order valence-corrected chi connectivity index (χ2v) is 7.68. The number of benzene rings is 2. The molecule has 0 bridgehead atoms. The Bertz CT molecular complexity index is 1080. The van der Waals surface area contributed by atoms with Gasteiger partial charge in [0, 0.05) is 23.6 Å². The first-order valence-electron chi connectivity index (χ1n) is 8.39. The van der Waals surface area contributed by atoms with E-state index in [1.54, 1.807) is 55.7 Å². The number of hydrogen-bond acceptors (Lipinski definition) is 5. The van der Waals surface area contributed by atoms with Gasteiger partial charge in [0.25, 0.3) is 5.91 Å². The summed E-state index contributed by atoms with van der Waals surface area (Å²) in [4.78, 5) is 16.3. The first-order valence-corrected chi connectivity index (χ1v) is 9.94. The van der Waals surface area contributed by atoms with Crippen LogP contribution in [0.3, 0.4) is 0 Å². The predicted octanol–water partition coefficient (Wildman–Crippen LogP) is 2.87. The van der Waals surface area contributed by atoms with E-state index < -0.39 is 10.0 Å². The van der Waals surface area contributed by atoms with Crippen LogP contribution in [-0.4, -0.2) is 19.3 Å². The van der Waals surface area contributed by atoms with Gasteiger partial charge < -0.3 is 10.1 Å². The molecule has 1 heterocycles. The summed E-state index contributed by atoms with van der Waals surface area (Å²) in [6.45, 7) is 2.03.